The van der Waals surface area contributed by atoms with Crippen molar-refractivity contribution in [3.8, 4) is 0 Å². The third-order valence-electron chi connectivity index (χ3n) is 6.15. The molecule has 1 aliphatic heterocycles. The zero-order valence-corrected chi connectivity index (χ0v) is 14.6. The van der Waals surface area contributed by atoms with Gasteiger partial charge in [-0.15, -0.1) is 0 Å². The molecule has 0 amide bonds. The maximum absolute atomic E-state index is 13.0. The number of halogens is 1. The molecule has 0 spiro atoms. The molecule has 0 radical (unpaired) electrons. The third kappa shape index (κ3) is 3.36. The molecule has 1 N–H and O–H groups in total. The van der Waals surface area contributed by atoms with Gasteiger partial charge in [0.05, 0.1) is 5.60 Å². The molecule has 1 heterocycles. The quantitative estimate of drug-likeness (QED) is 0.913. The number of nitrogens with zero attached hydrogens (tertiary/aromatic N) is 1. The van der Waals surface area contributed by atoms with Crippen molar-refractivity contribution in [2.75, 3.05) is 19.6 Å². The lowest BCUT2D eigenvalue weighted by molar-refractivity contribution is -0.0469. The molecule has 1 fully saturated rings. The van der Waals surface area contributed by atoms with Gasteiger partial charge in [0, 0.05) is 6.54 Å². The van der Waals surface area contributed by atoms with E-state index in [-0.39, 0.29) is 5.82 Å². The lowest BCUT2D eigenvalue weighted by Gasteiger charge is -2.40. The highest BCUT2D eigenvalue weighted by atomic mass is 19.1. The number of aliphatic hydroxyl groups is 1. The van der Waals surface area contributed by atoms with E-state index in [2.05, 4.69) is 23.1 Å². The summed E-state index contributed by atoms with van der Waals surface area (Å²) < 4.78 is 13.0. The maximum atomic E-state index is 13.0. The van der Waals surface area contributed by atoms with Gasteiger partial charge in [-0.05, 0) is 79.9 Å². The van der Waals surface area contributed by atoms with Crippen molar-refractivity contribution in [1.82, 2.24) is 4.90 Å². The molecule has 1 atom stereocenters. The largest absolute Gasteiger partial charge is 0.385 e. The van der Waals surface area contributed by atoms with Crippen molar-refractivity contribution in [1.29, 1.82) is 0 Å². The molecular weight excluding hydrogens is 313 g/mol. The zero-order chi connectivity index (χ0) is 17.3. The first-order valence-corrected chi connectivity index (χ1v) is 9.43. The van der Waals surface area contributed by atoms with Crippen LogP contribution >= 0.6 is 0 Å². The van der Waals surface area contributed by atoms with Gasteiger partial charge in [-0.1, -0.05) is 36.4 Å². The Hall–Kier alpha value is -1.71. The molecule has 0 bridgehead atoms. The van der Waals surface area contributed by atoms with E-state index in [0.29, 0.717) is 5.92 Å². The number of piperidine rings is 1. The Labute approximate surface area is 149 Å². The van der Waals surface area contributed by atoms with E-state index in [1.54, 1.807) is 0 Å². The van der Waals surface area contributed by atoms with Crippen LogP contribution in [0.25, 0.3) is 0 Å². The molecule has 1 aliphatic carbocycles. The fourth-order valence-corrected chi connectivity index (χ4v) is 4.62. The topological polar surface area (TPSA) is 23.5 Å². The highest BCUT2D eigenvalue weighted by molar-refractivity contribution is 5.37. The molecular formula is C22H26FNO. The van der Waals surface area contributed by atoms with E-state index in [0.717, 1.165) is 51.7 Å². The average molecular weight is 339 g/mol. The fourth-order valence-electron chi connectivity index (χ4n) is 4.62. The molecule has 132 valence electrons. The van der Waals surface area contributed by atoms with Gasteiger partial charge < -0.3 is 10.0 Å². The Morgan fingerprint density at radius 2 is 1.76 bits per heavy atom. The molecule has 2 nitrogen and oxygen atoms in total. The van der Waals surface area contributed by atoms with Crippen LogP contribution < -0.4 is 0 Å². The van der Waals surface area contributed by atoms with E-state index >= 15 is 0 Å². The van der Waals surface area contributed by atoms with Crippen molar-refractivity contribution in [2.45, 2.75) is 37.7 Å². The average Bonchev–Trinajstić information content (AvgIpc) is 3.00. The van der Waals surface area contributed by atoms with E-state index in [4.69, 9.17) is 0 Å². The number of rotatable bonds is 4. The molecule has 2 aromatic carbocycles. The second-order valence-corrected chi connectivity index (χ2v) is 7.57. The van der Waals surface area contributed by atoms with Crippen molar-refractivity contribution in [3.05, 3.63) is 71.0 Å². The van der Waals surface area contributed by atoms with Crippen molar-refractivity contribution >= 4 is 0 Å². The number of hydrogen-bond acceptors (Lipinski definition) is 2. The van der Waals surface area contributed by atoms with Gasteiger partial charge in [-0.25, -0.2) is 4.39 Å². The van der Waals surface area contributed by atoms with Crippen LogP contribution in [0, 0.1) is 11.7 Å². The number of benzene rings is 2. The first-order chi connectivity index (χ1) is 12.1. The van der Waals surface area contributed by atoms with Gasteiger partial charge in [0.2, 0.25) is 0 Å². The fraction of sp³-hybridized carbons (Fsp3) is 0.455. The van der Waals surface area contributed by atoms with Crippen LogP contribution in [-0.4, -0.2) is 29.6 Å². The van der Waals surface area contributed by atoms with Crippen LogP contribution in [0.1, 0.15) is 36.0 Å². The van der Waals surface area contributed by atoms with E-state index in [1.807, 2.05) is 18.2 Å². The van der Waals surface area contributed by atoms with Crippen LogP contribution in [0.4, 0.5) is 4.39 Å². The van der Waals surface area contributed by atoms with Crippen LogP contribution in [0.2, 0.25) is 0 Å². The Morgan fingerprint density at radius 3 is 2.52 bits per heavy atom. The molecule has 2 aliphatic rings. The van der Waals surface area contributed by atoms with Gasteiger partial charge in [0.1, 0.15) is 5.82 Å². The number of fused-ring (bicyclic) bond motifs is 1. The van der Waals surface area contributed by atoms with Gasteiger partial charge >= 0.3 is 0 Å². The van der Waals surface area contributed by atoms with Crippen LogP contribution in [-0.2, 0) is 18.4 Å². The molecule has 1 unspecified atom stereocenters. The summed E-state index contributed by atoms with van der Waals surface area (Å²) in [5, 5.41) is 11.3. The molecule has 0 aromatic heterocycles. The minimum atomic E-state index is -0.625. The summed E-state index contributed by atoms with van der Waals surface area (Å²) in [7, 11) is 0. The monoisotopic (exact) mass is 339 g/mol. The van der Waals surface area contributed by atoms with Crippen LogP contribution in [0.5, 0.6) is 0 Å². The third-order valence-corrected chi connectivity index (χ3v) is 6.15. The Bertz CT molecular complexity index is 721. The lowest BCUT2D eigenvalue weighted by atomic mass is 9.77. The van der Waals surface area contributed by atoms with Crippen molar-refractivity contribution in [3.63, 3.8) is 0 Å². The molecule has 3 heteroatoms. The number of likely N-dealkylation sites (tertiary alicyclic amines) is 1. The number of aryl methyl sites for hydroxylation is 1. The molecule has 25 heavy (non-hydrogen) atoms. The molecule has 0 saturated carbocycles. The van der Waals surface area contributed by atoms with E-state index in [9.17, 15) is 9.50 Å². The summed E-state index contributed by atoms with van der Waals surface area (Å²) in [6.45, 7) is 3.08. The van der Waals surface area contributed by atoms with Crippen LogP contribution in [0.15, 0.2) is 48.5 Å². The standard InChI is InChI=1S/C22H26FNO/c23-20-7-5-17(6-8-20)10-14-24-15-11-19(12-16-24)22(25)13-9-18-3-1-2-4-21(18)22/h1-8,19,25H,9-16H2. The summed E-state index contributed by atoms with van der Waals surface area (Å²) in [5.41, 5.74) is 3.05. The van der Waals surface area contributed by atoms with Gasteiger partial charge in [-0.3, -0.25) is 0 Å². The molecule has 1 saturated heterocycles. The van der Waals surface area contributed by atoms with Crippen molar-refractivity contribution < 1.29 is 9.50 Å². The van der Waals surface area contributed by atoms with Gasteiger partial charge in [-0.2, -0.15) is 0 Å². The minimum Gasteiger partial charge on any atom is -0.385 e. The smallest absolute Gasteiger partial charge is 0.123 e. The maximum Gasteiger partial charge on any atom is 0.123 e. The first kappa shape index (κ1) is 16.7. The van der Waals surface area contributed by atoms with Crippen LogP contribution in [0.3, 0.4) is 0 Å². The highest BCUT2D eigenvalue weighted by Crippen LogP contribution is 2.45. The van der Waals surface area contributed by atoms with Gasteiger partial charge in [0.15, 0.2) is 0 Å². The van der Waals surface area contributed by atoms with E-state index in [1.165, 1.54) is 28.8 Å². The number of hydrogen-bond donors (Lipinski definition) is 1. The second kappa shape index (κ2) is 6.89. The minimum absolute atomic E-state index is 0.172. The Balaban J connectivity index is 1.33. The summed E-state index contributed by atoms with van der Waals surface area (Å²) in [6.07, 6.45) is 4.92. The molecule has 4 rings (SSSR count). The zero-order valence-electron chi connectivity index (χ0n) is 14.6. The summed E-state index contributed by atoms with van der Waals surface area (Å²) in [4.78, 5) is 2.48. The SMILES string of the molecule is OC1(C2CCN(CCc3ccc(F)cc3)CC2)CCc2ccccc21. The summed E-state index contributed by atoms with van der Waals surface area (Å²) >= 11 is 0. The lowest BCUT2D eigenvalue weighted by Crippen LogP contribution is -2.43. The predicted molar refractivity (Wildman–Crippen MR) is 97.9 cm³/mol. The molecule has 2 aromatic rings. The second-order valence-electron chi connectivity index (χ2n) is 7.57. The predicted octanol–water partition coefficient (Wildman–Crippen LogP) is 3.91. The highest BCUT2D eigenvalue weighted by Gasteiger charge is 2.44. The first-order valence-electron chi connectivity index (χ1n) is 9.43. The Morgan fingerprint density at radius 1 is 1.04 bits per heavy atom. The Kier molecular flexibility index (Phi) is 4.61. The normalized spacial score (nSPS) is 24.4. The van der Waals surface area contributed by atoms with E-state index < -0.39 is 5.60 Å². The van der Waals surface area contributed by atoms with Crippen molar-refractivity contribution in [2.24, 2.45) is 5.92 Å². The summed E-state index contributed by atoms with van der Waals surface area (Å²) in [5.74, 6) is 0.188. The van der Waals surface area contributed by atoms with Gasteiger partial charge in [0.25, 0.3) is 0 Å². The summed E-state index contributed by atoms with van der Waals surface area (Å²) in [6, 6.07) is 15.2.